The van der Waals surface area contributed by atoms with E-state index >= 15 is 0 Å². The molecule has 0 aromatic heterocycles. The van der Waals surface area contributed by atoms with Crippen LogP contribution in [0.4, 0.5) is 13.2 Å². The first-order valence-electron chi connectivity index (χ1n) is 7.19. The Bertz CT molecular complexity index is 561. The summed E-state index contributed by atoms with van der Waals surface area (Å²) in [5.74, 6) is -5.74. The summed E-state index contributed by atoms with van der Waals surface area (Å²) in [4.78, 5) is 11.2. The van der Waals surface area contributed by atoms with Crippen LogP contribution in [0.1, 0.15) is 38.5 Å². The molecule has 0 fully saturated rings. The fourth-order valence-electron chi connectivity index (χ4n) is 2.46. The van der Waals surface area contributed by atoms with Crippen LogP contribution in [0.3, 0.4) is 0 Å². The van der Waals surface area contributed by atoms with Gasteiger partial charge in [0.25, 0.3) is 0 Å². The first-order valence-corrected chi connectivity index (χ1v) is 7.19. The van der Waals surface area contributed by atoms with Crippen molar-refractivity contribution in [3.8, 4) is 5.75 Å². The van der Waals surface area contributed by atoms with Crippen molar-refractivity contribution < 1.29 is 27.8 Å². The number of aliphatic carboxylic acids is 1. The molecule has 1 aliphatic rings. The largest absolute Gasteiger partial charge is 0.479 e. The number of halogens is 3. The summed E-state index contributed by atoms with van der Waals surface area (Å²) in [5, 5.41) is 9.14. The van der Waals surface area contributed by atoms with Gasteiger partial charge in [-0.3, -0.25) is 0 Å². The fraction of sp³-hybridized carbons (Fsp3) is 0.438. The molecule has 0 spiro atoms. The number of hydrogen-bond donors (Lipinski definition) is 1. The molecule has 120 valence electrons. The summed E-state index contributed by atoms with van der Waals surface area (Å²) in [7, 11) is 0. The second-order valence-corrected chi connectivity index (χ2v) is 5.29. The zero-order chi connectivity index (χ0) is 16.1. The zero-order valence-corrected chi connectivity index (χ0v) is 11.9. The molecule has 22 heavy (non-hydrogen) atoms. The smallest absolute Gasteiger partial charge is 0.344 e. The molecule has 0 saturated carbocycles. The molecule has 0 heterocycles. The lowest BCUT2D eigenvalue weighted by Crippen LogP contribution is -2.28. The Morgan fingerprint density at radius 2 is 1.91 bits per heavy atom. The van der Waals surface area contributed by atoms with Crippen LogP contribution in [0.5, 0.6) is 5.75 Å². The van der Waals surface area contributed by atoms with Crippen LogP contribution in [-0.4, -0.2) is 17.2 Å². The molecule has 2 rings (SSSR count). The van der Waals surface area contributed by atoms with Gasteiger partial charge in [-0.15, -0.1) is 0 Å². The van der Waals surface area contributed by atoms with E-state index in [9.17, 15) is 18.0 Å². The molecule has 1 unspecified atom stereocenters. The molecule has 0 bridgehead atoms. The van der Waals surface area contributed by atoms with Crippen molar-refractivity contribution in [3.05, 3.63) is 41.2 Å². The van der Waals surface area contributed by atoms with E-state index in [1.807, 2.05) is 0 Å². The van der Waals surface area contributed by atoms with Crippen LogP contribution in [0, 0.1) is 17.5 Å². The topological polar surface area (TPSA) is 46.5 Å². The Labute approximate surface area is 126 Å². The maximum atomic E-state index is 13.5. The van der Waals surface area contributed by atoms with Gasteiger partial charge >= 0.3 is 5.97 Å². The number of carboxylic acids is 1. The van der Waals surface area contributed by atoms with Gasteiger partial charge in [0.1, 0.15) is 5.82 Å². The molecule has 1 aliphatic carbocycles. The molecule has 1 N–H and O–H groups in total. The van der Waals surface area contributed by atoms with Crippen LogP contribution in [0.2, 0.25) is 0 Å². The Kier molecular flexibility index (Phi) is 5.46. The van der Waals surface area contributed by atoms with Gasteiger partial charge in [-0.2, -0.15) is 0 Å². The van der Waals surface area contributed by atoms with Crippen molar-refractivity contribution in [2.45, 2.75) is 44.6 Å². The van der Waals surface area contributed by atoms with Gasteiger partial charge in [-0.05, 0) is 38.5 Å². The van der Waals surface area contributed by atoms with E-state index in [0.29, 0.717) is 18.6 Å². The summed E-state index contributed by atoms with van der Waals surface area (Å²) < 4.78 is 44.8. The lowest BCUT2D eigenvalue weighted by Gasteiger charge is -2.18. The molecule has 0 radical (unpaired) electrons. The molecule has 1 atom stereocenters. The minimum absolute atomic E-state index is 0.109. The van der Waals surface area contributed by atoms with Crippen molar-refractivity contribution in [2.24, 2.45) is 0 Å². The third kappa shape index (κ3) is 4.26. The van der Waals surface area contributed by atoms with E-state index in [-0.39, 0.29) is 6.42 Å². The lowest BCUT2D eigenvalue weighted by molar-refractivity contribution is -0.145. The van der Waals surface area contributed by atoms with E-state index in [2.05, 4.69) is 6.08 Å². The second-order valence-electron chi connectivity index (χ2n) is 5.29. The Hall–Kier alpha value is -1.98. The number of benzene rings is 1. The van der Waals surface area contributed by atoms with E-state index in [4.69, 9.17) is 9.84 Å². The summed E-state index contributed by atoms with van der Waals surface area (Å²) in [5.41, 5.74) is 1.14. The molecular weight excluding hydrogens is 297 g/mol. The predicted molar refractivity (Wildman–Crippen MR) is 74.2 cm³/mol. The molecule has 1 aromatic rings. The Balaban J connectivity index is 2.06. The van der Waals surface area contributed by atoms with Gasteiger partial charge in [0, 0.05) is 12.1 Å². The van der Waals surface area contributed by atoms with Crippen molar-refractivity contribution in [3.63, 3.8) is 0 Å². The highest BCUT2D eigenvalue weighted by Gasteiger charge is 2.24. The maximum absolute atomic E-state index is 13.5. The van der Waals surface area contributed by atoms with Crippen molar-refractivity contribution >= 4 is 5.97 Å². The number of allylic oxidation sites excluding steroid dienone is 2. The minimum Gasteiger partial charge on any atom is -0.479 e. The summed E-state index contributed by atoms with van der Waals surface area (Å²) in [6.45, 7) is 0. The first kappa shape index (κ1) is 16.4. The van der Waals surface area contributed by atoms with Crippen molar-refractivity contribution in [1.82, 2.24) is 0 Å². The van der Waals surface area contributed by atoms with Crippen molar-refractivity contribution in [1.29, 1.82) is 0 Å². The van der Waals surface area contributed by atoms with E-state index in [1.165, 1.54) is 0 Å². The number of rotatable bonds is 6. The monoisotopic (exact) mass is 314 g/mol. The van der Waals surface area contributed by atoms with E-state index in [0.717, 1.165) is 31.3 Å². The van der Waals surface area contributed by atoms with E-state index in [1.54, 1.807) is 0 Å². The maximum Gasteiger partial charge on any atom is 0.344 e. The number of carboxylic acid groups (broad SMARTS) is 1. The van der Waals surface area contributed by atoms with Crippen LogP contribution in [-0.2, 0) is 4.79 Å². The zero-order valence-electron chi connectivity index (χ0n) is 11.9. The van der Waals surface area contributed by atoms with Crippen LogP contribution in [0.15, 0.2) is 23.8 Å². The molecule has 6 heteroatoms. The molecule has 1 aromatic carbocycles. The predicted octanol–water partition coefficient (Wildman–Crippen LogP) is 4.22. The Morgan fingerprint density at radius 3 is 2.45 bits per heavy atom. The molecular formula is C16H17F3O3. The quantitative estimate of drug-likeness (QED) is 0.800. The molecule has 0 aliphatic heterocycles. The summed E-state index contributed by atoms with van der Waals surface area (Å²) >= 11 is 0. The van der Waals surface area contributed by atoms with Crippen LogP contribution in [0.25, 0.3) is 0 Å². The third-order valence-corrected chi connectivity index (χ3v) is 3.61. The van der Waals surface area contributed by atoms with Crippen LogP contribution < -0.4 is 4.74 Å². The molecule has 0 amide bonds. The first-order chi connectivity index (χ1) is 10.5. The standard InChI is InChI=1S/C16H17F3O3/c17-11-8-12(18)15(13(19)9-11)22-14(16(20)21)7-6-10-4-2-1-3-5-10/h4,8-9,14H,1-3,5-7H2,(H,20,21). The molecule has 3 nitrogen and oxygen atoms in total. The SMILES string of the molecule is O=C(O)C(CCC1=CCCCC1)Oc1c(F)cc(F)cc1F. The van der Waals surface area contributed by atoms with Gasteiger partial charge in [-0.25, -0.2) is 18.0 Å². The van der Waals surface area contributed by atoms with Crippen molar-refractivity contribution in [2.75, 3.05) is 0 Å². The highest BCUT2D eigenvalue weighted by molar-refractivity contribution is 5.72. The van der Waals surface area contributed by atoms with Gasteiger partial charge in [0.2, 0.25) is 0 Å². The summed E-state index contributed by atoms with van der Waals surface area (Å²) in [6, 6.07) is 0.919. The fourth-order valence-corrected chi connectivity index (χ4v) is 2.46. The third-order valence-electron chi connectivity index (χ3n) is 3.61. The number of carbonyl (C=O) groups is 1. The highest BCUT2D eigenvalue weighted by atomic mass is 19.1. The Morgan fingerprint density at radius 1 is 1.23 bits per heavy atom. The average molecular weight is 314 g/mol. The minimum atomic E-state index is -1.38. The van der Waals surface area contributed by atoms with Gasteiger partial charge in [-0.1, -0.05) is 11.6 Å². The van der Waals surface area contributed by atoms with Gasteiger partial charge < -0.3 is 9.84 Å². The second kappa shape index (κ2) is 7.33. The summed E-state index contributed by atoms with van der Waals surface area (Å²) in [6.07, 6.45) is 5.36. The van der Waals surface area contributed by atoms with Gasteiger partial charge in [0.15, 0.2) is 23.5 Å². The van der Waals surface area contributed by atoms with Gasteiger partial charge in [0.05, 0.1) is 0 Å². The average Bonchev–Trinajstić information content (AvgIpc) is 2.46. The highest BCUT2D eigenvalue weighted by Crippen LogP contribution is 2.27. The lowest BCUT2D eigenvalue weighted by atomic mass is 9.95. The number of hydrogen-bond acceptors (Lipinski definition) is 2. The number of ether oxygens (including phenoxy) is 1. The normalized spacial score (nSPS) is 16.0. The van der Waals surface area contributed by atoms with Crippen LogP contribution >= 0.6 is 0 Å². The van der Waals surface area contributed by atoms with E-state index < -0.39 is 35.3 Å². The molecule has 0 saturated heterocycles.